The third-order valence-corrected chi connectivity index (χ3v) is 4.24. The second-order valence-electron chi connectivity index (χ2n) is 6.31. The molecule has 1 fully saturated rings. The predicted octanol–water partition coefficient (Wildman–Crippen LogP) is 2.24. The van der Waals surface area contributed by atoms with E-state index in [0.717, 1.165) is 36.9 Å². The van der Waals surface area contributed by atoms with Crippen LogP contribution >= 0.6 is 0 Å². The van der Waals surface area contributed by atoms with Gasteiger partial charge in [-0.2, -0.15) is 0 Å². The summed E-state index contributed by atoms with van der Waals surface area (Å²) in [7, 11) is 0. The molecule has 1 unspecified atom stereocenters. The van der Waals surface area contributed by atoms with Crippen molar-refractivity contribution in [2.45, 2.75) is 51.5 Å². The van der Waals surface area contributed by atoms with E-state index in [-0.39, 0.29) is 36.8 Å². The van der Waals surface area contributed by atoms with Crippen molar-refractivity contribution in [1.29, 1.82) is 0 Å². The van der Waals surface area contributed by atoms with Gasteiger partial charge in [0.2, 0.25) is 11.8 Å². The van der Waals surface area contributed by atoms with Crippen LogP contribution in [0.2, 0.25) is 0 Å². The Labute approximate surface area is 137 Å². The summed E-state index contributed by atoms with van der Waals surface area (Å²) in [5.41, 5.74) is 1.76. The first kappa shape index (κ1) is 17.5. The van der Waals surface area contributed by atoms with E-state index >= 15 is 0 Å². The number of aliphatic hydroxyl groups is 1. The van der Waals surface area contributed by atoms with E-state index in [2.05, 4.69) is 10.6 Å². The predicted molar refractivity (Wildman–Crippen MR) is 90.0 cm³/mol. The molecule has 2 rings (SSSR count). The summed E-state index contributed by atoms with van der Waals surface area (Å²) in [5, 5.41) is 14.6. The molecule has 0 aromatic heterocycles. The highest BCUT2D eigenvalue weighted by Crippen LogP contribution is 2.24. The summed E-state index contributed by atoms with van der Waals surface area (Å²) >= 11 is 0. The van der Waals surface area contributed by atoms with E-state index in [4.69, 9.17) is 5.11 Å². The number of hydrogen-bond acceptors (Lipinski definition) is 3. The van der Waals surface area contributed by atoms with E-state index < -0.39 is 0 Å². The monoisotopic (exact) mass is 318 g/mol. The molecule has 1 atom stereocenters. The molecule has 23 heavy (non-hydrogen) atoms. The standard InChI is InChI=1S/C18H26N2O3/c1-13(19-18(23)15-4-2-3-5-15)12-17(22)20-16-8-6-14(7-9-16)10-11-21/h6-9,13,15,21H,2-5,10-12H2,1H3,(H,19,23)(H,20,22). The first-order chi connectivity index (χ1) is 11.1. The van der Waals surface area contributed by atoms with Crippen LogP contribution in [-0.4, -0.2) is 29.6 Å². The van der Waals surface area contributed by atoms with Crippen molar-refractivity contribution in [3.63, 3.8) is 0 Å². The lowest BCUT2D eigenvalue weighted by molar-refractivity contribution is -0.125. The molecule has 5 nitrogen and oxygen atoms in total. The number of nitrogens with one attached hydrogen (secondary N) is 2. The highest BCUT2D eigenvalue weighted by atomic mass is 16.3. The number of hydrogen-bond donors (Lipinski definition) is 3. The van der Waals surface area contributed by atoms with Crippen molar-refractivity contribution in [3.8, 4) is 0 Å². The van der Waals surface area contributed by atoms with Crippen LogP contribution in [0, 0.1) is 5.92 Å². The van der Waals surface area contributed by atoms with Gasteiger partial charge in [-0.25, -0.2) is 0 Å². The normalized spacial score (nSPS) is 16.1. The number of carbonyl (C=O) groups excluding carboxylic acids is 2. The molecule has 0 spiro atoms. The number of carbonyl (C=O) groups is 2. The lowest BCUT2D eigenvalue weighted by Crippen LogP contribution is -2.38. The minimum Gasteiger partial charge on any atom is -0.396 e. The molecule has 0 aliphatic heterocycles. The van der Waals surface area contributed by atoms with Crippen LogP contribution in [0.5, 0.6) is 0 Å². The Hall–Kier alpha value is -1.88. The van der Waals surface area contributed by atoms with Gasteiger partial charge in [0, 0.05) is 30.7 Å². The van der Waals surface area contributed by atoms with Crippen molar-refractivity contribution in [3.05, 3.63) is 29.8 Å². The van der Waals surface area contributed by atoms with Crippen LogP contribution in [0.25, 0.3) is 0 Å². The van der Waals surface area contributed by atoms with E-state index in [0.29, 0.717) is 6.42 Å². The maximum atomic E-state index is 12.0. The third kappa shape index (κ3) is 5.67. The van der Waals surface area contributed by atoms with Crippen LogP contribution < -0.4 is 10.6 Å². The fraction of sp³-hybridized carbons (Fsp3) is 0.556. The lowest BCUT2D eigenvalue weighted by Gasteiger charge is -2.16. The highest BCUT2D eigenvalue weighted by Gasteiger charge is 2.24. The van der Waals surface area contributed by atoms with Gasteiger partial charge in [0.25, 0.3) is 0 Å². The fourth-order valence-corrected chi connectivity index (χ4v) is 2.97. The molecule has 1 aromatic carbocycles. The van der Waals surface area contributed by atoms with Gasteiger partial charge in [-0.1, -0.05) is 25.0 Å². The van der Waals surface area contributed by atoms with Crippen LogP contribution in [0.4, 0.5) is 5.69 Å². The van der Waals surface area contributed by atoms with E-state index in [1.54, 1.807) is 0 Å². The lowest BCUT2D eigenvalue weighted by atomic mass is 10.1. The van der Waals surface area contributed by atoms with Crippen molar-refractivity contribution in [2.24, 2.45) is 5.92 Å². The van der Waals surface area contributed by atoms with Gasteiger partial charge >= 0.3 is 0 Å². The maximum Gasteiger partial charge on any atom is 0.226 e. The second-order valence-corrected chi connectivity index (χ2v) is 6.31. The zero-order valence-electron chi connectivity index (χ0n) is 13.7. The Morgan fingerprint density at radius 3 is 2.48 bits per heavy atom. The summed E-state index contributed by atoms with van der Waals surface area (Å²) < 4.78 is 0. The zero-order chi connectivity index (χ0) is 16.7. The summed E-state index contributed by atoms with van der Waals surface area (Å²) in [5.74, 6) is 0.0925. The fourth-order valence-electron chi connectivity index (χ4n) is 2.97. The minimum atomic E-state index is -0.170. The molecule has 0 heterocycles. The number of benzene rings is 1. The minimum absolute atomic E-state index is 0.0798. The molecule has 1 aliphatic rings. The van der Waals surface area contributed by atoms with Crippen LogP contribution in [0.1, 0.15) is 44.6 Å². The van der Waals surface area contributed by atoms with Crippen molar-refractivity contribution < 1.29 is 14.7 Å². The Kier molecular flexibility index (Phi) is 6.59. The van der Waals surface area contributed by atoms with Gasteiger partial charge in [0.1, 0.15) is 0 Å². The van der Waals surface area contributed by atoms with Crippen LogP contribution in [0.3, 0.4) is 0 Å². The Bertz CT molecular complexity index is 522. The zero-order valence-corrected chi connectivity index (χ0v) is 13.7. The quantitative estimate of drug-likeness (QED) is 0.721. The third-order valence-electron chi connectivity index (χ3n) is 4.24. The molecule has 3 N–H and O–H groups in total. The largest absolute Gasteiger partial charge is 0.396 e. The Morgan fingerprint density at radius 2 is 1.87 bits per heavy atom. The van der Waals surface area contributed by atoms with Crippen LogP contribution in [-0.2, 0) is 16.0 Å². The number of anilines is 1. The average molecular weight is 318 g/mol. The molecular formula is C18H26N2O3. The van der Waals surface area contributed by atoms with Gasteiger partial charge in [-0.05, 0) is 43.9 Å². The van der Waals surface area contributed by atoms with Gasteiger partial charge in [-0.3, -0.25) is 9.59 Å². The van der Waals surface area contributed by atoms with Gasteiger partial charge in [-0.15, -0.1) is 0 Å². The van der Waals surface area contributed by atoms with Crippen molar-refractivity contribution >= 4 is 17.5 Å². The maximum absolute atomic E-state index is 12.0. The molecule has 2 amide bonds. The topological polar surface area (TPSA) is 78.4 Å². The van der Waals surface area contributed by atoms with Crippen LogP contribution in [0.15, 0.2) is 24.3 Å². The summed E-state index contributed by atoms with van der Waals surface area (Å²) in [6, 6.07) is 7.25. The van der Waals surface area contributed by atoms with Crippen molar-refractivity contribution in [1.82, 2.24) is 5.32 Å². The van der Waals surface area contributed by atoms with Gasteiger partial charge in [0.05, 0.1) is 0 Å². The van der Waals surface area contributed by atoms with Crippen molar-refractivity contribution in [2.75, 3.05) is 11.9 Å². The molecule has 1 saturated carbocycles. The number of amides is 2. The average Bonchev–Trinajstić information content (AvgIpc) is 3.03. The summed E-state index contributed by atoms with van der Waals surface area (Å²) in [6.07, 6.45) is 5.05. The summed E-state index contributed by atoms with van der Waals surface area (Å²) in [6.45, 7) is 1.97. The first-order valence-corrected chi connectivity index (χ1v) is 8.38. The second kappa shape index (κ2) is 8.67. The SMILES string of the molecule is CC(CC(=O)Nc1ccc(CCO)cc1)NC(=O)C1CCCC1. The molecule has 126 valence electrons. The molecule has 1 aromatic rings. The Balaban J connectivity index is 1.75. The highest BCUT2D eigenvalue weighted by molar-refractivity contribution is 5.91. The molecule has 5 heteroatoms. The smallest absolute Gasteiger partial charge is 0.226 e. The van der Waals surface area contributed by atoms with E-state index in [1.165, 1.54) is 0 Å². The first-order valence-electron chi connectivity index (χ1n) is 8.38. The molecule has 1 aliphatic carbocycles. The number of rotatable bonds is 7. The summed E-state index contributed by atoms with van der Waals surface area (Å²) in [4.78, 5) is 24.1. The Morgan fingerprint density at radius 1 is 1.22 bits per heavy atom. The van der Waals surface area contributed by atoms with E-state index in [1.807, 2.05) is 31.2 Å². The van der Waals surface area contributed by atoms with Gasteiger partial charge < -0.3 is 15.7 Å². The van der Waals surface area contributed by atoms with E-state index in [9.17, 15) is 9.59 Å². The molecule has 0 bridgehead atoms. The number of aliphatic hydroxyl groups excluding tert-OH is 1. The van der Waals surface area contributed by atoms with Gasteiger partial charge in [0.15, 0.2) is 0 Å². The molecular weight excluding hydrogens is 292 g/mol. The molecule has 0 saturated heterocycles. The molecule has 0 radical (unpaired) electrons.